The minimum absolute atomic E-state index is 0.0854. The molecule has 13 heteroatoms. The van der Waals surface area contributed by atoms with E-state index < -0.39 is 11.7 Å². The van der Waals surface area contributed by atoms with E-state index in [9.17, 15) is 18.0 Å². The van der Waals surface area contributed by atoms with Crippen molar-refractivity contribution in [3.63, 3.8) is 0 Å². The van der Waals surface area contributed by atoms with Crippen LogP contribution < -0.4 is 10.2 Å². The number of aryl methyl sites for hydroxylation is 2. The summed E-state index contributed by atoms with van der Waals surface area (Å²) in [6.45, 7) is 2.35. The molecule has 2 unspecified atom stereocenters. The number of alkyl halides is 3. The zero-order valence-corrected chi connectivity index (χ0v) is 24.6. The Morgan fingerprint density at radius 1 is 1.11 bits per heavy atom. The largest absolute Gasteiger partial charge is 0.417 e. The molecule has 5 aromatic rings. The van der Waals surface area contributed by atoms with Gasteiger partial charge in [0.05, 0.1) is 40.5 Å². The first-order valence-electron chi connectivity index (χ1n) is 15.0. The average molecular weight is 604 g/mol. The number of amides is 1. The number of hydrogen-bond donors (Lipinski definition) is 1. The number of piperidine rings is 1. The van der Waals surface area contributed by atoms with E-state index in [4.69, 9.17) is 0 Å². The second-order valence-electron chi connectivity index (χ2n) is 12.4. The molecule has 10 nitrogen and oxygen atoms in total. The molecule has 2 bridgehead atoms. The van der Waals surface area contributed by atoms with Crippen molar-refractivity contribution < 1.29 is 18.0 Å². The maximum absolute atomic E-state index is 14.7. The fourth-order valence-electron chi connectivity index (χ4n) is 7.73. The molecule has 0 saturated carbocycles. The lowest BCUT2D eigenvalue weighted by molar-refractivity contribution is -0.137. The highest BCUT2D eigenvalue weighted by Gasteiger charge is 2.44. The summed E-state index contributed by atoms with van der Waals surface area (Å²) in [7, 11) is 3.57. The molecule has 3 aliphatic heterocycles. The number of pyridine rings is 1. The van der Waals surface area contributed by atoms with Crippen molar-refractivity contribution in [2.45, 2.75) is 63.3 Å². The van der Waals surface area contributed by atoms with Gasteiger partial charge in [0.2, 0.25) is 0 Å². The number of nitrogens with zero attached hydrogens (tertiary/aromatic N) is 8. The molecule has 1 N–H and O–H groups in total. The molecular weight excluding hydrogens is 571 g/mol. The third kappa shape index (κ3) is 4.01. The Kier molecular flexibility index (Phi) is 5.82. The Morgan fingerprint density at radius 3 is 2.59 bits per heavy atom. The van der Waals surface area contributed by atoms with E-state index in [2.05, 4.69) is 26.7 Å². The number of anilines is 2. The van der Waals surface area contributed by atoms with E-state index in [0.29, 0.717) is 40.9 Å². The van der Waals surface area contributed by atoms with Gasteiger partial charge in [0.1, 0.15) is 11.3 Å². The van der Waals surface area contributed by atoms with E-state index in [1.165, 1.54) is 10.7 Å². The van der Waals surface area contributed by atoms with Crippen molar-refractivity contribution in [3.05, 3.63) is 59.8 Å². The molecule has 44 heavy (non-hydrogen) atoms. The van der Waals surface area contributed by atoms with Crippen LogP contribution in [0.1, 0.15) is 42.5 Å². The lowest BCUT2D eigenvalue weighted by Gasteiger charge is -2.39. The topological polar surface area (TPSA) is 88.5 Å². The molecular formula is C31H32F3N9O. The van der Waals surface area contributed by atoms with Crippen LogP contribution in [0.2, 0.25) is 0 Å². The molecule has 228 valence electrons. The fraction of sp³-hybridized carbons (Fsp3) is 0.419. The van der Waals surface area contributed by atoms with Crippen LogP contribution in [-0.2, 0) is 19.6 Å². The summed E-state index contributed by atoms with van der Waals surface area (Å²) in [6, 6.07) is 7.07. The number of benzene rings is 1. The normalized spacial score (nSPS) is 21.5. The first kappa shape index (κ1) is 27.0. The van der Waals surface area contributed by atoms with Crippen molar-refractivity contribution in [2.75, 3.05) is 23.8 Å². The zero-order valence-electron chi connectivity index (χ0n) is 24.6. The predicted molar refractivity (Wildman–Crippen MR) is 160 cm³/mol. The van der Waals surface area contributed by atoms with Crippen LogP contribution in [0.15, 0.2) is 43.0 Å². The van der Waals surface area contributed by atoms with Gasteiger partial charge in [0.25, 0.3) is 0 Å². The summed E-state index contributed by atoms with van der Waals surface area (Å²) in [5, 5.41) is 11.7. The number of fused-ring (bicyclic) bond motifs is 6. The number of nitrogens with one attached hydrogen (secondary N) is 1. The number of hydrogen-bond acceptors (Lipinski definition) is 6. The minimum Gasteiger partial charge on any atom is -0.372 e. The summed E-state index contributed by atoms with van der Waals surface area (Å²) in [6.07, 6.45) is 4.67. The Hall–Kier alpha value is -4.55. The predicted octanol–water partition coefficient (Wildman–Crippen LogP) is 5.48. The molecule has 0 aliphatic carbocycles. The van der Waals surface area contributed by atoms with Gasteiger partial charge in [-0.2, -0.15) is 17.9 Å². The van der Waals surface area contributed by atoms with E-state index in [1.54, 1.807) is 30.2 Å². The molecule has 7 heterocycles. The van der Waals surface area contributed by atoms with Crippen LogP contribution in [0.5, 0.6) is 0 Å². The Bertz CT molecular complexity index is 1940. The smallest absolute Gasteiger partial charge is 0.372 e. The van der Waals surface area contributed by atoms with E-state index in [1.807, 2.05) is 40.4 Å². The standard InChI is InChI=1S/C31H32F3N9O/c1-17-15-42(38-37-17)30(44)43-20-6-7-21(43)13-19(12-20)36-25-11-18-8-10-39(2)29-26(22-5-4-9-41(25)28(18)22)23(31(32,33)34)14-24-27(29)35-16-40(24)3/h4-5,9,11,14-16,19-21,36H,6-8,10,12-13H2,1-3H3. The Labute approximate surface area is 251 Å². The summed E-state index contributed by atoms with van der Waals surface area (Å²) in [5.41, 5.74) is 4.02. The highest BCUT2D eigenvalue weighted by atomic mass is 19.4. The van der Waals surface area contributed by atoms with Gasteiger partial charge in [-0.05, 0) is 62.8 Å². The summed E-state index contributed by atoms with van der Waals surface area (Å²) in [4.78, 5) is 21.6. The number of halogens is 3. The number of carbonyl (C=O) groups is 1. The number of rotatable bonds is 2. The molecule has 4 aromatic heterocycles. The van der Waals surface area contributed by atoms with Crippen molar-refractivity contribution in [3.8, 4) is 11.1 Å². The van der Waals surface area contributed by atoms with Crippen LogP contribution in [0.25, 0.3) is 27.7 Å². The molecule has 1 amide bonds. The summed E-state index contributed by atoms with van der Waals surface area (Å²) >= 11 is 0. The van der Waals surface area contributed by atoms with Crippen LogP contribution in [0.3, 0.4) is 0 Å². The highest BCUT2D eigenvalue weighted by molar-refractivity contribution is 6.04. The van der Waals surface area contributed by atoms with Gasteiger partial charge in [-0.15, -0.1) is 5.10 Å². The maximum Gasteiger partial charge on any atom is 0.417 e. The van der Waals surface area contributed by atoms with E-state index in [0.717, 1.165) is 42.6 Å². The number of imidazole rings is 1. The van der Waals surface area contributed by atoms with Crippen molar-refractivity contribution in [1.82, 2.24) is 33.8 Å². The lowest BCUT2D eigenvalue weighted by atomic mass is 9.92. The van der Waals surface area contributed by atoms with Crippen molar-refractivity contribution in [2.24, 2.45) is 7.05 Å². The Balaban J connectivity index is 1.19. The second-order valence-corrected chi connectivity index (χ2v) is 12.4. The third-order valence-corrected chi connectivity index (χ3v) is 9.65. The number of aromatic nitrogens is 6. The molecule has 2 fully saturated rings. The second kappa shape index (κ2) is 9.47. The van der Waals surface area contributed by atoms with Crippen LogP contribution in [0, 0.1) is 6.92 Å². The Morgan fingerprint density at radius 2 is 1.89 bits per heavy atom. The number of likely N-dealkylation sites (N-methyl/N-ethyl adjacent to an activating group) is 1. The van der Waals surface area contributed by atoms with E-state index in [-0.39, 0.29) is 29.7 Å². The monoisotopic (exact) mass is 603 g/mol. The quantitative estimate of drug-likeness (QED) is 0.288. The van der Waals surface area contributed by atoms with Gasteiger partial charge >= 0.3 is 12.2 Å². The van der Waals surface area contributed by atoms with Crippen LogP contribution >= 0.6 is 0 Å². The molecule has 2 saturated heterocycles. The van der Waals surface area contributed by atoms with Gasteiger partial charge in [-0.3, -0.25) is 0 Å². The molecule has 3 aliphatic rings. The summed E-state index contributed by atoms with van der Waals surface area (Å²) < 4.78 is 49.2. The molecule has 0 spiro atoms. The fourth-order valence-corrected chi connectivity index (χ4v) is 7.73. The molecule has 0 radical (unpaired) electrons. The first-order chi connectivity index (χ1) is 21.1. The van der Waals surface area contributed by atoms with Crippen molar-refractivity contribution >= 4 is 34.1 Å². The SMILES string of the molecule is Cc1cn(C(=O)N2C3CCC2CC(Nc2cc4c5c(cccn25)-c2c(C(F)(F)F)cc5c(ncn5C)c2N(C)CC4)C3)nn1. The molecule has 2 atom stereocenters. The van der Waals surface area contributed by atoms with Crippen LogP contribution in [-0.4, -0.2) is 71.6 Å². The number of carbonyl (C=O) groups excluding carboxylic acids is 1. The van der Waals surface area contributed by atoms with Gasteiger partial charge in [0.15, 0.2) is 0 Å². The summed E-state index contributed by atoms with van der Waals surface area (Å²) in [5.74, 6) is 0.853. The van der Waals surface area contributed by atoms with E-state index >= 15 is 0 Å². The third-order valence-electron chi connectivity index (χ3n) is 9.65. The highest BCUT2D eigenvalue weighted by Crippen LogP contribution is 2.49. The van der Waals surface area contributed by atoms with Crippen molar-refractivity contribution in [1.29, 1.82) is 0 Å². The molecule has 8 rings (SSSR count). The minimum atomic E-state index is -4.56. The van der Waals surface area contributed by atoms with Crippen LogP contribution in [0.4, 0.5) is 29.5 Å². The zero-order chi connectivity index (χ0) is 30.5. The first-order valence-corrected chi connectivity index (χ1v) is 15.0. The van der Waals surface area contributed by atoms with Gasteiger partial charge < -0.3 is 24.1 Å². The maximum atomic E-state index is 14.7. The van der Waals surface area contributed by atoms with Gasteiger partial charge in [0, 0.05) is 56.1 Å². The van der Waals surface area contributed by atoms with Gasteiger partial charge in [-0.25, -0.2) is 9.78 Å². The van der Waals surface area contributed by atoms with Gasteiger partial charge in [-0.1, -0.05) is 11.3 Å². The average Bonchev–Trinajstić information content (AvgIpc) is 3.74. The lowest BCUT2D eigenvalue weighted by Crippen LogP contribution is -2.51. The molecule has 1 aromatic carbocycles.